The van der Waals surface area contributed by atoms with E-state index in [-0.39, 0.29) is 21.7 Å². The maximum Gasteiger partial charge on any atom is 0.584 e. The number of phosphoric ester groups is 1. The Morgan fingerprint density at radius 1 is 0.568 bits per heavy atom. The smallest absolute Gasteiger partial charge is 0.395 e. The fourth-order valence-electron chi connectivity index (χ4n) is 5.00. The highest BCUT2D eigenvalue weighted by molar-refractivity contribution is 7.48. The van der Waals surface area contributed by atoms with E-state index in [9.17, 15) is 9.46 Å². The van der Waals surface area contributed by atoms with Gasteiger partial charge in [-0.15, -0.1) is 0 Å². The molecular formula is C39H67O4P. The van der Waals surface area contributed by atoms with E-state index in [1.54, 1.807) is 0 Å². The van der Waals surface area contributed by atoms with E-state index in [0.29, 0.717) is 17.9 Å². The van der Waals surface area contributed by atoms with E-state index in [4.69, 9.17) is 9.05 Å². The van der Waals surface area contributed by atoms with Crippen molar-refractivity contribution in [1.82, 2.24) is 0 Å². The van der Waals surface area contributed by atoms with Crippen molar-refractivity contribution in [2.45, 2.75) is 177 Å². The van der Waals surface area contributed by atoms with Gasteiger partial charge in [-0.05, 0) is 43.9 Å². The van der Waals surface area contributed by atoms with E-state index < -0.39 is 7.82 Å². The molecule has 2 aromatic carbocycles. The summed E-state index contributed by atoms with van der Waals surface area (Å²) in [6.45, 7) is 34.6. The fraction of sp³-hybridized carbons (Fsp3) is 0.692. The zero-order chi connectivity index (χ0) is 34.3. The maximum atomic E-state index is 13.4. The Balaban J connectivity index is 0.000000837. The minimum absolute atomic E-state index is 0.0799. The molecular weight excluding hydrogens is 563 g/mol. The first-order chi connectivity index (χ1) is 19.9. The third-order valence-corrected chi connectivity index (χ3v) is 8.71. The zero-order valence-electron chi connectivity index (χ0n) is 31.4. The van der Waals surface area contributed by atoms with Crippen LogP contribution in [-0.2, 0) is 32.6 Å². The van der Waals surface area contributed by atoms with Crippen LogP contribution in [0.1, 0.15) is 183 Å². The third-order valence-electron chi connectivity index (χ3n) is 7.89. The molecule has 0 bridgehead atoms. The monoisotopic (exact) mass is 630 g/mol. The summed E-state index contributed by atoms with van der Waals surface area (Å²) in [5.74, 6) is 0.936. The van der Waals surface area contributed by atoms with Crippen molar-refractivity contribution < 1.29 is 18.5 Å². The summed E-state index contributed by atoms with van der Waals surface area (Å²) in [5, 5.41) is 0. The number of phosphoric acid groups is 1. The number of unbranched alkanes of at least 4 members (excludes halogenated alkanes) is 4. The number of hydrogen-bond donors (Lipinski definition) is 1. The maximum absolute atomic E-state index is 13.4. The Morgan fingerprint density at radius 2 is 0.864 bits per heavy atom. The molecule has 0 aromatic heterocycles. The lowest BCUT2D eigenvalue weighted by molar-refractivity contribution is 0.281. The van der Waals surface area contributed by atoms with E-state index in [1.165, 1.54) is 49.7 Å². The Morgan fingerprint density at radius 3 is 1.07 bits per heavy atom. The van der Waals surface area contributed by atoms with Crippen molar-refractivity contribution in [2.75, 3.05) is 0 Å². The molecule has 0 saturated carbocycles. The lowest BCUT2D eigenvalue weighted by atomic mass is 9.76. The normalized spacial score (nSPS) is 14.7. The molecule has 2 aromatic rings. The van der Waals surface area contributed by atoms with Crippen molar-refractivity contribution in [3.63, 3.8) is 0 Å². The molecule has 0 unspecified atom stereocenters. The summed E-state index contributed by atoms with van der Waals surface area (Å²) >= 11 is 0. The second-order valence-corrected chi connectivity index (χ2v) is 17.9. The number of hydrogen-bond acceptors (Lipinski definition) is 3. The molecule has 0 atom stereocenters. The number of benzene rings is 2. The van der Waals surface area contributed by atoms with Gasteiger partial charge in [-0.3, -0.25) is 4.89 Å². The molecule has 1 aliphatic heterocycles. The molecule has 0 amide bonds. The van der Waals surface area contributed by atoms with Crippen LogP contribution in [0.2, 0.25) is 0 Å². The summed E-state index contributed by atoms with van der Waals surface area (Å²) < 4.78 is 25.1. The van der Waals surface area contributed by atoms with Gasteiger partial charge in [0.2, 0.25) is 0 Å². The lowest BCUT2D eigenvalue weighted by Gasteiger charge is -2.33. The molecule has 252 valence electrons. The molecule has 0 fully saturated rings. The highest BCUT2D eigenvalue weighted by atomic mass is 31.2. The quantitative estimate of drug-likeness (QED) is 0.342. The number of fused-ring (bicyclic) bond motifs is 2. The van der Waals surface area contributed by atoms with Crippen LogP contribution in [0.25, 0.3) is 0 Å². The zero-order valence-corrected chi connectivity index (χ0v) is 32.3. The first kappa shape index (κ1) is 40.3. The molecule has 3 rings (SSSR count). The van der Waals surface area contributed by atoms with Crippen molar-refractivity contribution in [2.24, 2.45) is 0 Å². The van der Waals surface area contributed by atoms with Gasteiger partial charge in [0, 0.05) is 17.5 Å². The second kappa shape index (κ2) is 15.7. The minimum atomic E-state index is -4.43. The average Bonchev–Trinajstić information content (AvgIpc) is 2.83. The van der Waals surface area contributed by atoms with Crippen LogP contribution in [0.15, 0.2) is 24.3 Å². The molecule has 1 N–H and O–H groups in total. The third kappa shape index (κ3) is 11.9. The summed E-state index contributed by atoms with van der Waals surface area (Å²) in [6.07, 6.45) is 8.71. The SMILES string of the molecule is CC(C)(C)c1cc2c(c(C(C)(C)C)c1)OP(=O)(O)Oc1c(cc(C(C)(C)C)cc1C(C)(C)C)C2.CCCCC.CCCCC. The van der Waals surface area contributed by atoms with E-state index in [1.807, 2.05) is 0 Å². The molecule has 0 saturated heterocycles. The summed E-state index contributed by atoms with van der Waals surface area (Å²) in [7, 11) is -4.43. The Hall–Kier alpha value is -1.77. The Bertz CT molecular complexity index is 1150. The summed E-state index contributed by atoms with van der Waals surface area (Å²) in [5.41, 5.74) is 5.31. The number of rotatable bonds is 4. The Labute approximate surface area is 272 Å². The minimum Gasteiger partial charge on any atom is -0.395 e. The fourth-order valence-corrected chi connectivity index (χ4v) is 5.93. The molecule has 5 heteroatoms. The van der Waals surface area contributed by atoms with Crippen molar-refractivity contribution in [3.05, 3.63) is 57.6 Å². The topological polar surface area (TPSA) is 55.8 Å². The van der Waals surface area contributed by atoms with Crippen LogP contribution < -0.4 is 9.05 Å². The van der Waals surface area contributed by atoms with E-state index in [0.717, 1.165) is 22.3 Å². The lowest BCUT2D eigenvalue weighted by Crippen LogP contribution is -2.22. The van der Waals surface area contributed by atoms with Gasteiger partial charge in [0.15, 0.2) is 0 Å². The molecule has 1 aliphatic rings. The second-order valence-electron chi connectivity index (χ2n) is 16.6. The molecule has 4 nitrogen and oxygen atoms in total. The molecule has 0 aliphatic carbocycles. The van der Waals surface area contributed by atoms with Crippen molar-refractivity contribution in [3.8, 4) is 11.5 Å². The molecule has 44 heavy (non-hydrogen) atoms. The molecule has 0 radical (unpaired) electrons. The highest BCUT2D eigenvalue weighted by Gasteiger charge is 2.38. The molecule has 0 spiro atoms. The van der Waals surface area contributed by atoms with Crippen LogP contribution >= 0.6 is 7.82 Å². The summed E-state index contributed by atoms with van der Waals surface area (Å²) in [6, 6.07) is 8.52. The van der Waals surface area contributed by atoms with Crippen molar-refractivity contribution >= 4 is 7.82 Å². The largest absolute Gasteiger partial charge is 0.584 e. The highest BCUT2D eigenvalue weighted by Crippen LogP contribution is 2.54. The van der Waals surface area contributed by atoms with Crippen LogP contribution in [0, 0.1) is 0 Å². The van der Waals surface area contributed by atoms with Gasteiger partial charge in [-0.2, -0.15) is 0 Å². The standard InChI is InChI=1S/C29H43O4P.2C5H12/c1-26(2,3)20-14-18-13-19-15-21(27(4,5)6)17-23(29(10,11)12)25(19)33-34(30,31)32-24(18)22(16-20)28(7,8)9;2*1-3-5-4-2/h14-17H,13H2,1-12H3,(H,30,31);2*3-5H2,1-2H3. The predicted octanol–water partition coefficient (Wildman–Crippen LogP) is 12.7. The van der Waals surface area contributed by atoms with Gasteiger partial charge < -0.3 is 9.05 Å². The molecule has 1 heterocycles. The van der Waals surface area contributed by atoms with Gasteiger partial charge in [0.1, 0.15) is 11.5 Å². The predicted molar refractivity (Wildman–Crippen MR) is 192 cm³/mol. The average molecular weight is 631 g/mol. The first-order valence-electron chi connectivity index (χ1n) is 17.0. The first-order valence-corrected chi connectivity index (χ1v) is 18.5. The van der Waals surface area contributed by atoms with Gasteiger partial charge >= 0.3 is 7.82 Å². The van der Waals surface area contributed by atoms with Gasteiger partial charge in [0.25, 0.3) is 0 Å². The van der Waals surface area contributed by atoms with Gasteiger partial charge in [0.05, 0.1) is 0 Å². The van der Waals surface area contributed by atoms with Crippen LogP contribution in [0.5, 0.6) is 11.5 Å². The van der Waals surface area contributed by atoms with Gasteiger partial charge in [-0.25, -0.2) is 4.57 Å². The van der Waals surface area contributed by atoms with Gasteiger partial charge in [-0.1, -0.05) is 174 Å². The Kier molecular flexibility index (Phi) is 14.3. The van der Waals surface area contributed by atoms with Crippen molar-refractivity contribution in [1.29, 1.82) is 0 Å². The van der Waals surface area contributed by atoms with Crippen LogP contribution in [0.4, 0.5) is 0 Å². The van der Waals surface area contributed by atoms with E-state index in [2.05, 4.69) is 135 Å². The van der Waals surface area contributed by atoms with Crippen LogP contribution in [-0.4, -0.2) is 4.89 Å². The van der Waals surface area contributed by atoms with E-state index >= 15 is 0 Å². The van der Waals surface area contributed by atoms with Crippen LogP contribution in [0.3, 0.4) is 0 Å². The summed E-state index contributed by atoms with van der Waals surface area (Å²) in [4.78, 5) is 10.9.